The van der Waals surface area contributed by atoms with E-state index in [1.807, 2.05) is 0 Å². The zero-order valence-corrected chi connectivity index (χ0v) is 15.1. The quantitative estimate of drug-likeness (QED) is 0.353. The van der Waals surface area contributed by atoms with E-state index in [1.54, 1.807) is 12.1 Å². The van der Waals surface area contributed by atoms with Crippen LogP contribution < -0.4 is 16.0 Å². The maximum absolute atomic E-state index is 11.8. The number of carbonyl (C=O) groups excluding carboxylic acids is 1. The molecule has 1 saturated heterocycles. The highest BCUT2D eigenvalue weighted by molar-refractivity contribution is 5.85. The van der Waals surface area contributed by atoms with E-state index in [2.05, 4.69) is 16.0 Å². The van der Waals surface area contributed by atoms with Crippen LogP contribution in [0, 0.1) is 16.0 Å². The Hall–Kier alpha value is -1.86. The first kappa shape index (κ1) is 21.2. The van der Waals surface area contributed by atoms with Gasteiger partial charge < -0.3 is 16.0 Å². The molecule has 1 fully saturated rings. The largest absolute Gasteiger partial charge is 0.385 e. The minimum atomic E-state index is -0.419. The van der Waals surface area contributed by atoms with Crippen molar-refractivity contribution in [1.82, 2.24) is 10.6 Å². The molecule has 1 unspecified atom stereocenters. The van der Waals surface area contributed by atoms with Gasteiger partial charge in [-0.15, -0.1) is 12.4 Å². The zero-order chi connectivity index (χ0) is 17.2. The second kappa shape index (κ2) is 11.7. The molecule has 1 atom stereocenters. The number of hydrogen-bond donors (Lipinski definition) is 3. The summed E-state index contributed by atoms with van der Waals surface area (Å²) in [6.07, 6.45) is 4.74. The van der Waals surface area contributed by atoms with Crippen LogP contribution in [-0.2, 0) is 4.79 Å². The molecule has 1 aliphatic rings. The summed E-state index contributed by atoms with van der Waals surface area (Å²) < 4.78 is 0. The number of nitrogens with one attached hydrogen (secondary N) is 3. The number of non-ortho nitro benzene ring substituents is 1. The number of nitro groups is 1. The van der Waals surface area contributed by atoms with Gasteiger partial charge in [0.1, 0.15) is 0 Å². The summed E-state index contributed by atoms with van der Waals surface area (Å²) in [6.45, 7) is 3.60. The molecule has 1 aliphatic heterocycles. The number of piperidine rings is 1. The van der Waals surface area contributed by atoms with Gasteiger partial charge in [0.25, 0.3) is 5.69 Å². The Labute approximate surface area is 154 Å². The first-order valence-corrected chi connectivity index (χ1v) is 8.61. The number of nitrogens with zero attached hydrogens (tertiary/aromatic N) is 1. The number of nitro benzene ring substituents is 1. The summed E-state index contributed by atoms with van der Waals surface area (Å²) >= 11 is 0. The molecule has 1 aromatic rings. The molecule has 0 saturated carbocycles. The monoisotopic (exact) mass is 370 g/mol. The van der Waals surface area contributed by atoms with E-state index in [0.29, 0.717) is 18.9 Å². The van der Waals surface area contributed by atoms with Crippen molar-refractivity contribution in [3.63, 3.8) is 0 Å². The van der Waals surface area contributed by atoms with Crippen LogP contribution in [0.1, 0.15) is 32.1 Å². The molecule has 0 aliphatic carbocycles. The number of rotatable bonds is 9. The van der Waals surface area contributed by atoms with Crippen LogP contribution in [0.25, 0.3) is 0 Å². The third-order valence-corrected chi connectivity index (χ3v) is 4.26. The second-order valence-corrected chi connectivity index (χ2v) is 6.19. The van der Waals surface area contributed by atoms with E-state index < -0.39 is 4.92 Å². The molecule has 25 heavy (non-hydrogen) atoms. The van der Waals surface area contributed by atoms with Gasteiger partial charge in [-0.05, 0) is 56.8 Å². The fraction of sp³-hybridized carbons (Fsp3) is 0.588. The highest BCUT2D eigenvalue weighted by atomic mass is 35.5. The predicted octanol–water partition coefficient (Wildman–Crippen LogP) is 2.71. The number of halogens is 1. The molecule has 2 rings (SSSR count). The summed E-state index contributed by atoms with van der Waals surface area (Å²) in [5.74, 6) is 0.770. The third kappa shape index (κ3) is 8.18. The minimum Gasteiger partial charge on any atom is -0.385 e. The average Bonchev–Trinajstić information content (AvgIpc) is 2.60. The number of hydrogen-bond acceptors (Lipinski definition) is 5. The van der Waals surface area contributed by atoms with Crippen molar-refractivity contribution in [2.45, 2.75) is 32.1 Å². The molecule has 0 radical (unpaired) electrons. The number of carbonyl (C=O) groups is 1. The predicted molar refractivity (Wildman–Crippen MR) is 101 cm³/mol. The summed E-state index contributed by atoms with van der Waals surface area (Å²) in [6, 6.07) is 6.29. The van der Waals surface area contributed by atoms with Gasteiger partial charge in [0.15, 0.2) is 0 Å². The van der Waals surface area contributed by atoms with Crippen LogP contribution in [-0.4, -0.2) is 37.0 Å². The van der Waals surface area contributed by atoms with Crippen molar-refractivity contribution in [1.29, 1.82) is 0 Å². The Kier molecular flexibility index (Phi) is 9.87. The van der Waals surface area contributed by atoms with Gasteiger partial charge in [0.05, 0.1) is 4.92 Å². The summed E-state index contributed by atoms with van der Waals surface area (Å²) in [5, 5.41) is 20.1. The maximum Gasteiger partial charge on any atom is 0.269 e. The van der Waals surface area contributed by atoms with Crippen LogP contribution >= 0.6 is 12.4 Å². The molecule has 1 heterocycles. The van der Waals surface area contributed by atoms with Crippen molar-refractivity contribution in [2.24, 2.45) is 5.92 Å². The van der Waals surface area contributed by atoms with Crippen LogP contribution in [0.5, 0.6) is 0 Å². The van der Waals surface area contributed by atoms with E-state index in [1.165, 1.54) is 25.0 Å². The van der Waals surface area contributed by atoms with Crippen LogP contribution in [0.4, 0.5) is 11.4 Å². The molecule has 1 aromatic carbocycles. The van der Waals surface area contributed by atoms with Gasteiger partial charge in [-0.2, -0.15) is 0 Å². The Morgan fingerprint density at radius 1 is 1.28 bits per heavy atom. The number of anilines is 1. The molecule has 7 nitrogen and oxygen atoms in total. The van der Waals surface area contributed by atoms with Crippen LogP contribution in [0.15, 0.2) is 24.3 Å². The Morgan fingerprint density at radius 3 is 2.68 bits per heavy atom. The van der Waals surface area contributed by atoms with Crippen molar-refractivity contribution in [3.05, 3.63) is 34.4 Å². The first-order valence-electron chi connectivity index (χ1n) is 8.61. The number of benzene rings is 1. The van der Waals surface area contributed by atoms with E-state index in [0.717, 1.165) is 38.2 Å². The van der Waals surface area contributed by atoms with Crippen molar-refractivity contribution in [3.8, 4) is 0 Å². The maximum atomic E-state index is 11.8. The molecule has 0 bridgehead atoms. The average molecular weight is 371 g/mol. The fourth-order valence-electron chi connectivity index (χ4n) is 2.86. The smallest absolute Gasteiger partial charge is 0.269 e. The SMILES string of the molecule is Cl.O=C(CCCNc1ccc([N+](=O)[O-])cc1)NCCC1CCCNC1. The first-order chi connectivity index (χ1) is 11.6. The lowest BCUT2D eigenvalue weighted by molar-refractivity contribution is -0.384. The molecular weight excluding hydrogens is 344 g/mol. The van der Waals surface area contributed by atoms with Gasteiger partial charge in [-0.25, -0.2) is 0 Å². The van der Waals surface area contributed by atoms with Gasteiger partial charge in [-0.1, -0.05) is 0 Å². The van der Waals surface area contributed by atoms with E-state index in [9.17, 15) is 14.9 Å². The zero-order valence-electron chi connectivity index (χ0n) is 14.3. The molecule has 140 valence electrons. The van der Waals surface area contributed by atoms with Crippen molar-refractivity contribution < 1.29 is 9.72 Å². The highest BCUT2D eigenvalue weighted by Crippen LogP contribution is 2.15. The van der Waals surface area contributed by atoms with Crippen molar-refractivity contribution >= 4 is 29.7 Å². The fourth-order valence-corrected chi connectivity index (χ4v) is 2.86. The summed E-state index contributed by atoms with van der Waals surface area (Å²) in [5.41, 5.74) is 0.902. The van der Waals surface area contributed by atoms with E-state index in [-0.39, 0.29) is 24.0 Å². The summed E-state index contributed by atoms with van der Waals surface area (Å²) in [7, 11) is 0. The van der Waals surface area contributed by atoms with Crippen LogP contribution in [0.2, 0.25) is 0 Å². The van der Waals surface area contributed by atoms with E-state index in [4.69, 9.17) is 0 Å². The van der Waals surface area contributed by atoms with Gasteiger partial charge in [-0.3, -0.25) is 14.9 Å². The lowest BCUT2D eigenvalue weighted by atomic mass is 9.96. The Balaban J connectivity index is 0.00000312. The van der Waals surface area contributed by atoms with Crippen molar-refractivity contribution in [2.75, 3.05) is 31.5 Å². The molecular formula is C17H27ClN4O3. The topological polar surface area (TPSA) is 96.3 Å². The number of amides is 1. The van der Waals surface area contributed by atoms with Gasteiger partial charge >= 0.3 is 0 Å². The van der Waals surface area contributed by atoms with Gasteiger partial charge in [0.2, 0.25) is 5.91 Å². The van der Waals surface area contributed by atoms with E-state index >= 15 is 0 Å². The summed E-state index contributed by atoms with van der Waals surface area (Å²) in [4.78, 5) is 21.9. The normalized spacial score (nSPS) is 16.6. The Morgan fingerprint density at radius 2 is 2.04 bits per heavy atom. The lowest BCUT2D eigenvalue weighted by Gasteiger charge is -2.22. The van der Waals surface area contributed by atoms with Gasteiger partial charge in [0, 0.05) is 37.3 Å². The Bertz CT molecular complexity index is 533. The standard InChI is InChI=1S/C17H26N4O3.ClH/c22-17(20-12-9-14-3-1-10-18-13-14)4-2-11-19-15-5-7-16(8-6-15)21(23)24;/h5-8,14,18-19H,1-4,9-13H2,(H,20,22);1H. The lowest BCUT2D eigenvalue weighted by Crippen LogP contribution is -2.33. The second-order valence-electron chi connectivity index (χ2n) is 6.19. The highest BCUT2D eigenvalue weighted by Gasteiger charge is 2.12. The minimum absolute atomic E-state index is 0. The molecule has 0 aromatic heterocycles. The third-order valence-electron chi connectivity index (χ3n) is 4.26. The molecule has 3 N–H and O–H groups in total. The van der Waals surface area contributed by atoms with Crippen LogP contribution in [0.3, 0.4) is 0 Å². The molecule has 1 amide bonds. The molecule has 8 heteroatoms. The molecule has 0 spiro atoms.